The highest BCUT2D eigenvalue weighted by Crippen LogP contribution is 2.32. The average molecular weight is 382 g/mol. The number of hydrogen-bond donors (Lipinski definition) is 0. The summed E-state index contributed by atoms with van der Waals surface area (Å²) in [5.74, 6) is 1.63. The van der Waals surface area contributed by atoms with Gasteiger partial charge < -0.3 is 9.26 Å². The van der Waals surface area contributed by atoms with Gasteiger partial charge in [-0.3, -0.25) is 4.90 Å². The second kappa shape index (κ2) is 8.48. The predicted molar refractivity (Wildman–Crippen MR) is 101 cm³/mol. The van der Waals surface area contributed by atoms with E-state index in [1.54, 1.807) is 0 Å². The number of nitrogens with zero attached hydrogens (tertiary/aromatic N) is 4. The van der Waals surface area contributed by atoms with Crippen molar-refractivity contribution in [3.8, 4) is 5.88 Å². The summed E-state index contributed by atoms with van der Waals surface area (Å²) in [6, 6.07) is 12.4. The molecule has 0 aliphatic carbocycles. The van der Waals surface area contributed by atoms with Crippen LogP contribution in [0.4, 0.5) is 4.39 Å². The number of benzene rings is 1. The molecule has 1 fully saturated rings. The Morgan fingerprint density at radius 2 is 2.04 bits per heavy atom. The van der Waals surface area contributed by atoms with Crippen LogP contribution in [0.2, 0.25) is 0 Å². The Balaban J connectivity index is 1.44. The molecule has 3 heterocycles. The van der Waals surface area contributed by atoms with Crippen molar-refractivity contribution in [1.29, 1.82) is 0 Å². The van der Waals surface area contributed by atoms with Gasteiger partial charge in [-0.1, -0.05) is 23.4 Å². The van der Waals surface area contributed by atoms with Gasteiger partial charge in [-0.05, 0) is 50.1 Å². The third kappa shape index (κ3) is 4.36. The van der Waals surface area contributed by atoms with E-state index >= 15 is 0 Å². The summed E-state index contributed by atoms with van der Waals surface area (Å²) in [6.07, 6.45) is 2.54. The maximum atomic E-state index is 13.1. The second-order valence-corrected chi connectivity index (χ2v) is 6.88. The Morgan fingerprint density at radius 3 is 2.86 bits per heavy atom. The van der Waals surface area contributed by atoms with E-state index in [4.69, 9.17) is 9.26 Å². The zero-order valence-electron chi connectivity index (χ0n) is 15.8. The van der Waals surface area contributed by atoms with Crippen LogP contribution in [0.5, 0.6) is 5.88 Å². The highest BCUT2D eigenvalue weighted by Gasteiger charge is 2.30. The SMILES string of the molecule is CCOc1cccc(Cc2noc(C3CCCN3Cc3ccc(F)cc3)n2)n1. The van der Waals surface area contributed by atoms with Gasteiger partial charge in [0, 0.05) is 12.6 Å². The molecule has 1 unspecified atom stereocenters. The van der Waals surface area contributed by atoms with Gasteiger partial charge >= 0.3 is 0 Å². The minimum Gasteiger partial charge on any atom is -0.478 e. The molecule has 3 aromatic rings. The first kappa shape index (κ1) is 18.6. The largest absolute Gasteiger partial charge is 0.478 e. The highest BCUT2D eigenvalue weighted by atomic mass is 19.1. The zero-order valence-corrected chi connectivity index (χ0v) is 15.8. The summed E-state index contributed by atoms with van der Waals surface area (Å²) in [5.41, 5.74) is 1.91. The smallest absolute Gasteiger partial charge is 0.244 e. The Bertz CT molecular complexity index is 913. The molecule has 1 aliphatic heterocycles. The molecule has 0 amide bonds. The zero-order chi connectivity index (χ0) is 19.3. The van der Waals surface area contributed by atoms with Crippen LogP contribution in [0.3, 0.4) is 0 Å². The molecule has 0 bridgehead atoms. The van der Waals surface area contributed by atoms with Crippen molar-refractivity contribution >= 4 is 0 Å². The minimum absolute atomic E-state index is 0.0917. The lowest BCUT2D eigenvalue weighted by Crippen LogP contribution is -2.23. The molecule has 1 aromatic carbocycles. The van der Waals surface area contributed by atoms with Gasteiger partial charge in [0.2, 0.25) is 11.8 Å². The van der Waals surface area contributed by atoms with Crippen molar-refractivity contribution in [2.75, 3.05) is 13.2 Å². The van der Waals surface area contributed by atoms with E-state index in [2.05, 4.69) is 20.0 Å². The predicted octanol–water partition coefficient (Wildman–Crippen LogP) is 3.93. The summed E-state index contributed by atoms with van der Waals surface area (Å²) in [7, 11) is 0. The van der Waals surface area contributed by atoms with E-state index in [-0.39, 0.29) is 11.9 Å². The lowest BCUT2D eigenvalue weighted by molar-refractivity contribution is 0.201. The van der Waals surface area contributed by atoms with Crippen molar-refractivity contribution in [1.82, 2.24) is 20.0 Å². The van der Waals surface area contributed by atoms with Gasteiger partial charge in [0.15, 0.2) is 5.82 Å². The summed E-state index contributed by atoms with van der Waals surface area (Å²) < 4.78 is 24.1. The van der Waals surface area contributed by atoms with E-state index in [9.17, 15) is 4.39 Å². The molecule has 1 atom stereocenters. The van der Waals surface area contributed by atoms with Gasteiger partial charge in [-0.15, -0.1) is 0 Å². The first-order chi connectivity index (χ1) is 13.7. The van der Waals surface area contributed by atoms with Crippen LogP contribution in [0.1, 0.15) is 48.8 Å². The molecular formula is C21H23FN4O2. The lowest BCUT2D eigenvalue weighted by atomic mass is 10.2. The summed E-state index contributed by atoms with van der Waals surface area (Å²) in [5, 5.41) is 4.14. The van der Waals surface area contributed by atoms with E-state index in [1.807, 2.05) is 37.3 Å². The lowest BCUT2D eigenvalue weighted by Gasteiger charge is -2.21. The van der Waals surface area contributed by atoms with Crippen LogP contribution in [0.15, 0.2) is 47.0 Å². The number of likely N-dealkylation sites (tertiary alicyclic amines) is 1. The Morgan fingerprint density at radius 1 is 1.18 bits per heavy atom. The quantitative estimate of drug-likeness (QED) is 0.617. The number of pyridine rings is 1. The first-order valence-electron chi connectivity index (χ1n) is 9.61. The van der Waals surface area contributed by atoms with Crippen molar-refractivity contribution in [3.05, 3.63) is 71.3 Å². The summed E-state index contributed by atoms with van der Waals surface area (Å²) >= 11 is 0. The Kier molecular flexibility index (Phi) is 5.62. The van der Waals surface area contributed by atoms with E-state index in [0.29, 0.717) is 30.6 Å². The van der Waals surface area contributed by atoms with Crippen molar-refractivity contribution in [2.45, 2.75) is 38.8 Å². The molecule has 0 N–H and O–H groups in total. The first-order valence-corrected chi connectivity index (χ1v) is 9.61. The maximum Gasteiger partial charge on any atom is 0.244 e. The summed E-state index contributed by atoms with van der Waals surface area (Å²) in [6.45, 7) is 4.20. The number of rotatable bonds is 7. The van der Waals surface area contributed by atoms with E-state index < -0.39 is 0 Å². The third-order valence-electron chi connectivity index (χ3n) is 4.84. The van der Waals surface area contributed by atoms with Crippen molar-refractivity contribution in [2.24, 2.45) is 0 Å². The van der Waals surface area contributed by atoms with Crippen LogP contribution in [0.25, 0.3) is 0 Å². The molecular weight excluding hydrogens is 359 g/mol. The standard InChI is InChI=1S/C21H23FN4O2/c1-2-27-20-7-3-5-17(23-20)13-19-24-21(28-25-19)18-6-4-12-26(18)14-15-8-10-16(22)11-9-15/h3,5,7-11,18H,2,4,6,12-14H2,1H3. The minimum atomic E-state index is -0.217. The van der Waals surface area contributed by atoms with Crippen LogP contribution < -0.4 is 4.74 Å². The fraction of sp³-hybridized carbons (Fsp3) is 0.381. The molecule has 0 saturated carbocycles. The van der Waals surface area contributed by atoms with Gasteiger partial charge in [-0.2, -0.15) is 4.98 Å². The van der Waals surface area contributed by atoms with Gasteiger partial charge in [-0.25, -0.2) is 9.37 Å². The molecule has 7 heteroatoms. The highest BCUT2D eigenvalue weighted by molar-refractivity contribution is 5.19. The summed E-state index contributed by atoms with van der Waals surface area (Å²) in [4.78, 5) is 11.4. The average Bonchev–Trinajstić information content (AvgIpc) is 3.33. The second-order valence-electron chi connectivity index (χ2n) is 6.88. The number of aromatic nitrogens is 3. The molecule has 0 radical (unpaired) electrons. The number of hydrogen-bond acceptors (Lipinski definition) is 6. The Labute approximate surface area is 163 Å². The van der Waals surface area contributed by atoms with Crippen LogP contribution in [-0.4, -0.2) is 33.2 Å². The van der Waals surface area contributed by atoms with Crippen molar-refractivity contribution < 1.29 is 13.7 Å². The van der Waals surface area contributed by atoms with Crippen LogP contribution in [0, 0.1) is 5.82 Å². The third-order valence-corrected chi connectivity index (χ3v) is 4.84. The van der Waals surface area contributed by atoms with Crippen LogP contribution >= 0.6 is 0 Å². The van der Waals surface area contributed by atoms with Gasteiger partial charge in [0.1, 0.15) is 5.82 Å². The van der Waals surface area contributed by atoms with Crippen molar-refractivity contribution in [3.63, 3.8) is 0 Å². The fourth-order valence-corrected chi connectivity index (χ4v) is 3.54. The molecule has 1 saturated heterocycles. The molecule has 28 heavy (non-hydrogen) atoms. The monoisotopic (exact) mass is 382 g/mol. The van der Waals surface area contributed by atoms with Gasteiger partial charge in [0.25, 0.3) is 0 Å². The normalized spacial score (nSPS) is 17.1. The molecule has 6 nitrogen and oxygen atoms in total. The number of halogens is 1. The molecule has 146 valence electrons. The molecule has 2 aromatic heterocycles. The molecule has 4 rings (SSSR count). The topological polar surface area (TPSA) is 64.3 Å². The Hall–Kier alpha value is -2.80. The van der Waals surface area contributed by atoms with E-state index in [0.717, 1.165) is 37.2 Å². The maximum absolute atomic E-state index is 13.1. The molecule has 0 spiro atoms. The molecule has 1 aliphatic rings. The van der Waals surface area contributed by atoms with E-state index in [1.165, 1.54) is 12.1 Å². The fourth-order valence-electron chi connectivity index (χ4n) is 3.54. The number of ether oxygens (including phenoxy) is 1. The van der Waals surface area contributed by atoms with Gasteiger partial charge in [0.05, 0.1) is 24.8 Å². The van der Waals surface area contributed by atoms with Crippen LogP contribution in [-0.2, 0) is 13.0 Å².